The third-order valence-electron chi connectivity index (χ3n) is 3.13. The summed E-state index contributed by atoms with van der Waals surface area (Å²) in [6.07, 6.45) is 1.10. The molecule has 1 rings (SSSR count). The summed E-state index contributed by atoms with van der Waals surface area (Å²) >= 11 is 1.96. The van der Waals surface area contributed by atoms with Gasteiger partial charge in [-0.25, -0.2) is 0 Å². The van der Waals surface area contributed by atoms with Crippen molar-refractivity contribution in [3.05, 3.63) is 29.3 Å². The van der Waals surface area contributed by atoms with Crippen LogP contribution in [0.5, 0.6) is 5.75 Å². The fourth-order valence-electron chi connectivity index (χ4n) is 2.14. The maximum atomic E-state index is 5.50. The van der Waals surface area contributed by atoms with E-state index in [1.54, 1.807) is 14.2 Å². The average molecular weight is 297 g/mol. The number of hydrogen-bond acceptors (Lipinski definition) is 4. The molecule has 0 aliphatic rings. The van der Waals surface area contributed by atoms with Gasteiger partial charge >= 0.3 is 0 Å². The number of rotatable bonds is 10. The van der Waals surface area contributed by atoms with Gasteiger partial charge in [-0.1, -0.05) is 24.6 Å². The van der Waals surface area contributed by atoms with Crippen molar-refractivity contribution in [2.75, 3.05) is 38.9 Å². The largest absolute Gasteiger partial charge is 0.496 e. The first-order valence-corrected chi connectivity index (χ1v) is 8.33. The number of methoxy groups -OCH3 is 2. The van der Waals surface area contributed by atoms with Crippen LogP contribution in [0.3, 0.4) is 0 Å². The Labute approximate surface area is 127 Å². The van der Waals surface area contributed by atoms with E-state index in [1.165, 1.54) is 11.1 Å². The summed E-state index contributed by atoms with van der Waals surface area (Å²) in [6.45, 7) is 6.07. The molecule has 0 aliphatic carbocycles. The molecule has 3 nitrogen and oxygen atoms in total. The molecule has 0 aliphatic heterocycles. The highest BCUT2D eigenvalue weighted by atomic mass is 32.2. The lowest BCUT2D eigenvalue weighted by Gasteiger charge is -2.21. The summed E-state index contributed by atoms with van der Waals surface area (Å²) in [4.78, 5) is 0. The van der Waals surface area contributed by atoms with Crippen molar-refractivity contribution >= 4 is 11.8 Å². The lowest BCUT2D eigenvalue weighted by atomic mass is 10.0. The Morgan fingerprint density at radius 3 is 2.75 bits per heavy atom. The van der Waals surface area contributed by atoms with Gasteiger partial charge < -0.3 is 14.8 Å². The van der Waals surface area contributed by atoms with Crippen molar-refractivity contribution in [2.45, 2.75) is 26.3 Å². The third-order valence-corrected chi connectivity index (χ3v) is 4.28. The van der Waals surface area contributed by atoms with Crippen LogP contribution in [0, 0.1) is 6.92 Å². The van der Waals surface area contributed by atoms with Gasteiger partial charge in [0.2, 0.25) is 0 Å². The Morgan fingerprint density at radius 2 is 2.10 bits per heavy atom. The van der Waals surface area contributed by atoms with Gasteiger partial charge in [0, 0.05) is 31.1 Å². The molecule has 0 bridgehead atoms. The highest BCUT2D eigenvalue weighted by molar-refractivity contribution is 7.99. The number of ether oxygens (including phenoxy) is 2. The van der Waals surface area contributed by atoms with Crippen molar-refractivity contribution in [1.29, 1.82) is 0 Å². The maximum absolute atomic E-state index is 5.50. The molecule has 0 fully saturated rings. The van der Waals surface area contributed by atoms with Gasteiger partial charge in [0.25, 0.3) is 0 Å². The molecule has 1 atom stereocenters. The van der Waals surface area contributed by atoms with Crippen LogP contribution in [0.2, 0.25) is 0 Å². The number of thioether (sulfide) groups is 1. The van der Waals surface area contributed by atoms with E-state index in [-0.39, 0.29) is 0 Å². The van der Waals surface area contributed by atoms with E-state index in [4.69, 9.17) is 9.47 Å². The number of hydrogen-bond donors (Lipinski definition) is 1. The van der Waals surface area contributed by atoms with Gasteiger partial charge in [-0.2, -0.15) is 11.8 Å². The first-order chi connectivity index (χ1) is 9.72. The van der Waals surface area contributed by atoms with E-state index < -0.39 is 0 Å². The van der Waals surface area contributed by atoms with Crippen molar-refractivity contribution in [3.63, 3.8) is 0 Å². The van der Waals surface area contributed by atoms with Crippen LogP contribution >= 0.6 is 11.8 Å². The van der Waals surface area contributed by atoms with Crippen molar-refractivity contribution in [3.8, 4) is 5.75 Å². The quantitative estimate of drug-likeness (QED) is 0.670. The first kappa shape index (κ1) is 17.3. The van der Waals surface area contributed by atoms with E-state index >= 15 is 0 Å². The molecule has 0 saturated carbocycles. The zero-order chi connectivity index (χ0) is 14.8. The number of aryl methyl sites for hydroxylation is 1. The predicted octanol–water partition coefficient (Wildman–Crippen LogP) is 3.42. The minimum Gasteiger partial charge on any atom is -0.496 e. The second-order valence-electron chi connectivity index (χ2n) is 4.78. The van der Waals surface area contributed by atoms with E-state index in [0.717, 1.165) is 36.8 Å². The molecule has 0 spiro atoms. The van der Waals surface area contributed by atoms with Gasteiger partial charge in [-0.3, -0.25) is 0 Å². The lowest BCUT2D eigenvalue weighted by molar-refractivity contribution is 0.200. The molecule has 20 heavy (non-hydrogen) atoms. The molecule has 0 heterocycles. The molecule has 1 aromatic rings. The predicted molar refractivity (Wildman–Crippen MR) is 88.0 cm³/mol. The molecule has 1 N–H and O–H groups in total. The maximum Gasteiger partial charge on any atom is 0.123 e. The standard InChI is InChI=1S/C16H27NO2S/c1-5-17-15(12-20-10-6-9-18-3)14-11-13(2)7-8-16(14)19-4/h7-8,11,15,17H,5-6,9-10,12H2,1-4H3. The van der Waals surface area contributed by atoms with Crippen molar-refractivity contribution in [1.82, 2.24) is 5.32 Å². The summed E-state index contributed by atoms with van der Waals surface area (Å²) in [6, 6.07) is 6.71. The van der Waals surface area contributed by atoms with Crippen molar-refractivity contribution < 1.29 is 9.47 Å². The van der Waals surface area contributed by atoms with Crippen LogP contribution in [0.25, 0.3) is 0 Å². The lowest BCUT2D eigenvalue weighted by Crippen LogP contribution is -2.23. The van der Waals surface area contributed by atoms with E-state index in [1.807, 2.05) is 11.8 Å². The van der Waals surface area contributed by atoms with Gasteiger partial charge in [0.05, 0.1) is 7.11 Å². The smallest absolute Gasteiger partial charge is 0.123 e. The molecule has 0 radical (unpaired) electrons. The number of benzene rings is 1. The Morgan fingerprint density at radius 1 is 1.30 bits per heavy atom. The minimum absolute atomic E-state index is 0.336. The molecule has 0 saturated heterocycles. The second kappa shape index (κ2) is 10.1. The van der Waals surface area contributed by atoms with E-state index in [0.29, 0.717) is 6.04 Å². The highest BCUT2D eigenvalue weighted by Crippen LogP contribution is 2.28. The Balaban J connectivity index is 2.67. The summed E-state index contributed by atoms with van der Waals surface area (Å²) in [5.41, 5.74) is 2.53. The molecular formula is C16H27NO2S. The summed E-state index contributed by atoms with van der Waals surface area (Å²) in [5.74, 6) is 3.15. The van der Waals surface area contributed by atoms with Crippen LogP contribution in [-0.2, 0) is 4.74 Å². The topological polar surface area (TPSA) is 30.5 Å². The van der Waals surface area contributed by atoms with Gasteiger partial charge in [-0.05, 0) is 31.7 Å². The van der Waals surface area contributed by atoms with Gasteiger partial charge in [0.1, 0.15) is 5.75 Å². The third kappa shape index (κ3) is 5.73. The SMILES string of the molecule is CCNC(CSCCCOC)c1cc(C)ccc1OC. The summed E-state index contributed by atoms with van der Waals surface area (Å²) < 4.78 is 10.6. The van der Waals surface area contributed by atoms with Gasteiger partial charge in [0.15, 0.2) is 0 Å². The second-order valence-corrected chi connectivity index (χ2v) is 5.93. The van der Waals surface area contributed by atoms with Crippen LogP contribution < -0.4 is 10.1 Å². The molecule has 1 unspecified atom stereocenters. The van der Waals surface area contributed by atoms with E-state index in [9.17, 15) is 0 Å². The van der Waals surface area contributed by atoms with Crippen LogP contribution in [0.1, 0.15) is 30.5 Å². The molecule has 0 aromatic heterocycles. The molecular weight excluding hydrogens is 270 g/mol. The molecule has 0 amide bonds. The van der Waals surface area contributed by atoms with Crippen molar-refractivity contribution in [2.24, 2.45) is 0 Å². The zero-order valence-electron chi connectivity index (χ0n) is 13.1. The first-order valence-electron chi connectivity index (χ1n) is 7.17. The normalized spacial score (nSPS) is 12.4. The molecule has 4 heteroatoms. The molecule has 1 aromatic carbocycles. The Hall–Kier alpha value is -0.710. The Kier molecular flexibility index (Phi) is 8.74. The fraction of sp³-hybridized carbons (Fsp3) is 0.625. The highest BCUT2D eigenvalue weighted by Gasteiger charge is 2.15. The molecule has 114 valence electrons. The number of nitrogens with one attached hydrogen (secondary N) is 1. The fourth-order valence-corrected chi connectivity index (χ4v) is 3.16. The minimum atomic E-state index is 0.336. The summed E-state index contributed by atoms with van der Waals surface area (Å²) in [7, 11) is 3.49. The van der Waals surface area contributed by atoms with Gasteiger partial charge in [-0.15, -0.1) is 0 Å². The summed E-state index contributed by atoms with van der Waals surface area (Å²) in [5, 5.41) is 3.56. The average Bonchev–Trinajstić information content (AvgIpc) is 2.46. The Bertz CT molecular complexity index is 385. The van der Waals surface area contributed by atoms with Crippen LogP contribution in [-0.4, -0.2) is 38.9 Å². The van der Waals surface area contributed by atoms with E-state index in [2.05, 4.69) is 37.4 Å². The zero-order valence-corrected chi connectivity index (χ0v) is 13.9. The monoisotopic (exact) mass is 297 g/mol. The van der Waals surface area contributed by atoms with Crippen LogP contribution in [0.4, 0.5) is 0 Å². The van der Waals surface area contributed by atoms with Crippen LogP contribution in [0.15, 0.2) is 18.2 Å².